The van der Waals surface area contributed by atoms with Crippen molar-refractivity contribution in [2.45, 2.75) is 109 Å². The van der Waals surface area contributed by atoms with Crippen molar-refractivity contribution in [3.63, 3.8) is 0 Å². The van der Waals surface area contributed by atoms with E-state index in [-0.39, 0.29) is 5.41 Å². The molecule has 0 saturated carbocycles. The van der Waals surface area contributed by atoms with Gasteiger partial charge in [0.15, 0.2) is 0 Å². The summed E-state index contributed by atoms with van der Waals surface area (Å²) in [6, 6.07) is 21.2. The van der Waals surface area contributed by atoms with Gasteiger partial charge in [-0.2, -0.15) is 0 Å². The third-order valence-corrected chi connectivity index (χ3v) is 11.1. The highest BCUT2D eigenvalue weighted by molar-refractivity contribution is 5.83. The number of benzene rings is 2. The summed E-state index contributed by atoms with van der Waals surface area (Å²) in [4.78, 5) is 9.07. The van der Waals surface area contributed by atoms with Crippen molar-refractivity contribution in [2.75, 3.05) is 0 Å². The summed E-state index contributed by atoms with van der Waals surface area (Å²) >= 11 is 0. The van der Waals surface area contributed by atoms with Crippen molar-refractivity contribution in [1.82, 2.24) is 40.0 Å². The lowest BCUT2D eigenvalue weighted by molar-refractivity contribution is 0.397. The summed E-state index contributed by atoms with van der Waals surface area (Å²) in [5, 5.41) is 18.2. The van der Waals surface area contributed by atoms with E-state index < -0.39 is 0 Å². The van der Waals surface area contributed by atoms with Crippen LogP contribution in [-0.2, 0) is 5.41 Å². The number of pyridine rings is 2. The Kier molecular flexibility index (Phi) is 11.9. The standard InChI is InChI=1S/C47H50N8/c1-5-9-11-13-15-17-27-47(28-18-16-14-12-10-6-2)41-29-37(54-33-45(50-52-54)43-25-19-35(7-3)31-48-43)21-23-39(41)40-24-22-38(30-42(40)47)55-34-46(51-53-55)44-26-20-36(8-4)32-49-44/h3-4,19-26,29-34H,5-6,9-18,27-28H2,1-2H3. The van der Waals surface area contributed by atoms with Gasteiger partial charge in [-0.15, -0.1) is 23.0 Å². The van der Waals surface area contributed by atoms with Crippen molar-refractivity contribution in [1.29, 1.82) is 0 Å². The van der Waals surface area contributed by atoms with Crippen LogP contribution in [-0.4, -0.2) is 40.0 Å². The first-order chi connectivity index (χ1) is 27.1. The van der Waals surface area contributed by atoms with Crippen LogP contribution in [0.5, 0.6) is 0 Å². The molecule has 278 valence electrons. The zero-order valence-corrected chi connectivity index (χ0v) is 32.2. The second-order valence-corrected chi connectivity index (χ2v) is 14.8. The van der Waals surface area contributed by atoms with Crippen LogP contribution in [0.25, 0.3) is 45.3 Å². The molecule has 8 heteroatoms. The second-order valence-electron chi connectivity index (χ2n) is 14.8. The van der Waals surface area contributed by atoms with E-state index in [1.807, 2.05) is 46.0 Å². The number of fused-ring (bicyclic) bond motifs is 3. The average Bonchev–Trinajstić information content (AvgIpc) is 3.99. The van der Waals surface area contributed by atoms with E-state index in [0.717, 1.165) is 46.7 Å². The molecule has 7 rings (SSSR count). The molecule has 1 aliphatic rings. The van der Waals surface area contributed by atoms with Crippen LogP contribution in [0.3, 0.4) is 0 Å². The topological polar surface area (TPSA) is 87.2 Å². The summed E-state index contributed by atoms with van der Waals surface area (Å²) in [6.45, 7) is 4.56. The minimum Gasteiger partial charge on any atom is -0.253 e. The van der Waals surface area contributed by atoms with Gasteiger partial charge in [-0.25, -0.2) is 9.36 Å². The Bertz CT molecular complexity index is 2120. The van der Waals surface area contributed by atoms with Gasteiger partial charge in [-0.3, -0.25) is 9.97 Å². The van der Waals surface area contributed by atoms with Crippen molar-refractivity contribution in [3.8, 4) is 70.0 Å². The molecular weight excluding hydrogens is 677 g/mol. The van der Waals surface area contributed by atoms with E-state index in [9.17, 15) is 0 Å². The molecular formula is C47H50N8. The number of unbranched alkanes of at least 4 members (excludes halogenated alkanes) is 10. The van der Waals surface area contributed by atoms with Gasteiger partial charge in [0.2, 0.25) is 0 Å². The molecule has 0 spiro atoms. The van der Waals surface area contributed by atoms with Gasteiger partial charge in [-0.05, 0) is 83.6 Å². The molecule has 1 aliphatic carbocycles. The Morgan fingerprint density at radius 1 is 0.527 bits per heavy atom. The highest BCUT2D eigenvalue weighted by Crippen LogP contribution is 2.55. The number of rotatable bonds is 18. The predicted molar refractivity (Wildman–Crippen MR) is 221 cm³/mol. The molecule has 0 amide bonds. The number of terminal acetylenes is 2. The van der Waals surface area contributed by atoms with Gasteiger partial charge in [0.1, 0.15) is 11.4 Å². The molecule has 4 aromatic heterocycles. The summed E-state index contributed by atoms with van der Waals surface area (Å²) < 4.78 is 3.75. The van der Waals surface area contributed by atoms with Gasteiger partial charge in [0.25, 0.3) is 0 Å². The Labute approximate surface area is 325 Å². The molecule has 6 aromatic rings. The smallest absolute Gasteiger partial charge is 0.131 e. The molecule has 0 unspecified atom stereocenters. The number of nitrogens with zero attached hydrogens (tertiary/aromatic N) is 8. The van der Waals surface area contributed by atoms with E-state index in [0.29, 0.717) is 11.4 Å². The van der Waals surface area contributed by atoms with Gasteiger partial charge in [0.05, 0.1) is 35.2 Å². The minimum absolute atomic E-state index is 0.155. The Morgan fingerprint density at radius 2 is 0.964 bits per heavy atom. The first-order valence-corrected chi connectivity index (χ1v) is 20.1. The first kappa shape index (κ1) is 37.5. The number of hydrogen-bond donors (Lipinski definition) is 0. The van der Waals surface area contributed by atoms with E-state index >= 15 is 0 Å². The maximum absolute atomic E-state index is 5.56. The molecule has 0 fully saturated rings. The van der Waals surface area contributed by atoms with Gasteiger partial charge < -0.3 is 0 Å². The van der Waals surface area contributed by atoms with Crippen molar-refractivity contribution < 1.29 is 0 Å². The van der Waals surface area contributed by atoms with Crippen LogP contribution in [0.4, 0.5) is 0 Å². The van der Waals surface area contributed by atoms with Crippen LogP contribution in [0, 0.1) is 24.7 Å². The lowest BCUT2D eigenvalue weighted by Crippen LogP contribution is -2.26. The third kappa shape index (κ3) is 8.15. The average molecular weight is 727 g/mol. The highest BCUT2D eigenvalue weighted by atomic mass is 15.4. The normalized spacial score (nSPS) is 12.6. The molecule has 55 heavy (non-hydrogen) atoms. The van der Waals surface area contributed by atoms with Crippen LogP contribution < -0.4 is 0 Å². The fourth-order valence-electron chi connectivity index (χ4n) is 8.11. The zero-order valence-electron chi connectivity index (χ0n) is 32.2. The lowest BCUT2D eigenvalue weighted by atomic mass is 9.70. The third-order valence-electron chi connectivity index (χ3n) is 11.1. The molecule has 0 aliphatic heterocycles. The van der Waals surface area contributed by atoms with Gasteiger partial charge >= 0.3 is 0 Å². The SMILES string of the molecule is C#Cc1ccc(-c2cn(-c3ccc4c(c3)C(CCCCCCCC)(CCCCCCCC)c3cc(-n5cc(-c6ccc(C#C)cn6)nn5)ccc3-4)nn2)nc1. The van der Waals surface area contributed by atoms with Crippen LogP contribution in [0.1, 0.15) is 126 Å². The monoisotopic (exact) mass is 726 g/mol. The van der Waals surface area contributed by atoms with Gasteiger partial charge in [-0.1, -0.05) is 125 Å². The summed E-state index contributed by atoms with van der Waals surface area (Å²) in [6.07, 6.45) is 35.7. The van der Waals surface area contributed by atoms with Crippen molar-refractivity contribution in [3.05, 3.63) is 108 Å². The Hall–Kier alpha value is -5.86. The highest BCUT2D eigenvalue weighted by Gasteiger charge is 2.43. The van der Waals surface area contributed by atoms with E-state index in [4.69, 9.17) is 12.8 Å². The maximum Gasteiger partial charge on any atom is 0.131 e. The van der Waals surface area contributed by atoms with Crippen molar-refractivity contribution >= 4 is 0 Å². The fourth-order valence-corrected chi connectivity index (χ4v) is 8.11. The Balaban J connectivity index is 1.27. The summed E-state index contributed by atoms with van der Waals surface area (Å²) in [7, 11) is 0. The predicted octanol–water partition coefficient (Wildman–Crippen LogP) is 10.7. The second kappa shape index (κ2) is 17.5. The molecule has 0 atom stereocenters. The zero-order chi connectivity index (χ0) is 38.0. The first-order valence-electron chi connectivity index (χ1n) is 20.1. The maximum atomic E-state index is 5.56. The molecule has 0 N–H and O–H groups in total. The fraction of sp³-hybridized carbons (Fsp3) is 0.362. The van der Waals surface area contributed by atoms with Gasteiger partial charge in [0, 0.05) is 28.9 Å². The molecule has 2 aromatic carbocycles. The summed E-state index contributed by atoms with van der Waals surface area (Å²) in [5.74, 6) is 5.27. The van der Waals surface area contributed by atoms with E-state index in [2.05, 4.69) is 92.7 Å². The molecule has 0 bridgehead atoms. The lowest BCUT2D eigenvalue weighted by Gasteiger charge is -2.33. The number of hydrogen-bond acceptors (Lipinski definition) is 6. The van der Waals surface area contributed by atoms with Crippen LogP contribution in [0.2, 0.25) is 0 Å². The number of aromatic nitrogens is 8. The molecule has 0 saturated heterocycles. The Morgan fingerprint density at radius 3 is 1.36 bits per heavy atom. The largest absolute Gasteiger partial charge is 0.253 e. The molecule has 4 heterocycles. The van der Waals surface area contributed by atoms with Crippen LogP contribution in [0.15, 0.2) is 85.5 Å². The van der Waals surface area contributed by atoms with Crippen molar-refractivity contribution in [2.24, 2.45) is 0 Å². The molecule has 8 nitrogen and oxygen atoms in total. The van der Waals surface area contributed by atoms with E-state index in [1.54, 1.807) is 12.4 Å². The quantitative estimate of drug-likeness (QED) is 0.0647. The molecule has 0 radical (unpaired) electrons. The minimum atomic E-state index is -0.155. The van der Waals surface area contributed by atoms with E-state index in [1.165, 1.54) is 99.3 Å². The van der Waals surface area contributed by atoms with Crippen LogP contribution >= 0.6 is 0 Å². The summed E-state index contributed by atoms with van der Waals surface area (Å²) in [5.41, 5.74) is 11.5.